The Balaban J connectivity index is 2.40. The van der Waals surface area contributed by atoms with E-state index in [0.29, 0.717) is 5.56 Å². The second-order valence-corrected chi connectivity index (χ2v) is 3.17. The molecule has 2 aromatic rings. The highest BCUT2D eigenvalue weighted by Gasteiger charge is 1.98. The molecule has 1 aromatic heterocycles. The van der Waals surface area contributed by atoms with Crippen molar-refractivity contribution < 1.29 is 0 Å². The summed E-state index contributed by atoms with van der Waals surface area (Å²) in [5, 5.41) is 10.5. The third-order valence-electron chi connectivity index (χ3n) is 1.70. The highest BCUT2D eigenvalue weighted by Crippen LogP contribution is 2.18. The average Bonchev–Trinajstić information content (AvgIpc) is 2.71. The number of nitrogens with zero attached hydrogens (tertiary/aromatic N) is 2. The Morgan fingerprint density at radius 2 is 2.08 bits per heavy atom. The van der Waals surface area contributed by atoms with Crippen molar-refractivity contribution in [2.24, 2.45) is 0 Å². The van der Waals surface area contributed by atoms with Gasteiger partial charge in [0.15, 0.2) is 5.51 Å². The molecule has 1 aromatic carbocycles. The molecule has 0 aliphatic carbocycles. The zero-order valence-electron chi connectivity index (χ0n) is 6.69. The number of aromatic nitrogens is 1. The van der Waals surface area contributed by atoms with E-state index >= 15 is 0 Å². The molecule has 0 atom stereocenters. The fraction of sp³-hybridized carbons (Fsp3) is 0. The van der Waals surface area contributed by atoms with Crippen molar-refractivity contribution in [3.63, 3.8) is 0 Å². The second kappa shape index (κ2) is 3.38. The van der Waals surface area contributed by atoms with Gasteiger partial charge in [-0.05, 0) is 12.1 Å². The van der Waals surface area contributed by atoms with Crippen LogP contribution in [0, 0.1) is 16.8 Å². The van der Waals surface area contributed by atoms with Crippen LogP contribution in [0.4, 0.5) is 0 Å². The quantitative estimate of drug-likeness (QED) is 0.684. The first-order chi connectivity index (χ1) is 6.40. The van der Waals surface area contributed by atoms with E-state index in [-0.39, 0.29) is 0 Å². The second-order valence-electron chi connectivity index (χ2n) is 2.51. The molecule has 0 bridgehead atoms. The van der Waals surface area contributed by atoms with E-state index < -0.39 is 0 Å². The Morgan fingerprint density at radius 3 is 2.62 bits per heavy atom. The number of nitriles is 1. The fourth-order valence-electron chi connectivity index (χ4n) is 1.03. The predicted molar refractivity (Wildman–Crippen MR) is 51.1 cm³/mol. The van der Waals surface area contributed by atoms with E-state index in [0.717, 1.165) is 11.3 Å². The van der Waals surface area contributed by atoms with Crippen molar-refractivity contribution in [1.82, 2.24) is 4.98 Å². The third-order valence-corrected chi connectivity index (χ3v) is 2.24. The molecule has 2 nitrogen and oxygen atoms in total. The van der Waals surface area contributed by atoms with Crippen LogP contribution < -0.4 is 0 Å². The summed E-state index contributed by atoms with van der Waals surface area (Å²) < 4.78 is 0. The molecule has 0 saturated carbocycles. The zero-order valence-corrected chi connectivity index (χ0v) is 7.51. The van der Waals surface area contributed by atoms with Crippen LogP contribution in [0.1, 0.15) is 5.56 Å². The topological polar surface area (TPSA) is 36.7 Å². The lowest BCUT2D eigenvalue weighted by molar-refractivity contribution is 1.39. The van der Waals surface area contributed by atoms with Gasteiger partial charge in [-0.3, -0.25) is 0 Å². The molecule has 0 N–H and O–H groups in total. The summed E-state index contributed by atoms with van der Waals surface area (Å²) in [4.78, 5) is 4.05. The molecule has 0 amide bonds. The Kier molecular flexibility index (Phi) is 2.07. The lowest BCUT2D eigenvalue weighted by Crippen LogP contribution is -1.77. The molecule has 0 fully saturated rings. The van der Waals surface area contributed by atoms with Gasteiger partial charge < -0.3 is 0 Å². The van der Waals surface area contributed by atoms with Gasteiger partial charge in [-0.2, -0.15) is 5.26 Å². The lowest BCUT2D eigenvalue weighted by atomic mass is 10.1. The molecular weight excluding hydrogens is 180 g/mol. The van der Waals surface area contributed by atoms with Crippen LogP contribution in [0.3, 0.4) is 0 Å². The average molecular weight is 185 g/mol. The molecule has 0 saturated heterocycles. The molecule has 1 heterocycles. The first-order valence-corrected chi connectivity index (χ1v) is 4.60. The summed E-state index contributed by atoms with van der Waals surface area (Å²) in [7, 11) is 0. The van der Waals surface area contributed by atoms with E-state index in [9.17, 15) is 0 Å². The van der Waals surface area contributed by atoms with Crippen LogP contribution in [-0.2, 0) is 0 Å². The maximum absolute atomic E-state index is 8.59. The molecule has 2 rings (SSSR count). The van der Waals surface area contributed by atoms with E-state index in [2.05, 4.69) is 16.6 Å². The zero-order chi connectivity index (χ0) is 9.10. The third kappa shape index (κ3) is 1.58. The SMILES string of the molecule is N#Cc1ccc(-c2cs[c]n2)cc1. The minimum atomic E-state index is 0.669. The summed E-state index contributed by atoms with van der Waals surface area (Å²) in [6.07, 6.45) is 0. The number of hydrogen-bond acceptors (Lipinski definition) is 3. The highest BCUT2D eigenvalue weighted by atomic mass is 32.1. The van der Waals surface area contributed by atoms with Gasteiger partial charge in [-0.1, -0.05) is 12.1 Å². The maximum Gasteiger partial charge on any atom is 0.152 e. The largest absolute Gasteiger partial charge is 0.233 e. The van der Waals surface area contributed by atoms with Gasteiger partial charge in [-0.15, -0.1) is 11.3 Å². The van der Waals surface area contributed by atoms with Gasteiger partial charge in [-0.25, -0.2) is 4.98 Å². The Labute approximate surface area is 80.1 Å². The van der Waals surface area contributed by atoms with E-state index in [1.807, 2.05) is 17.5 Å². The molecule has 0 aliphatic rings. The fourth-order valence-corrected chi connectivity index (χ4v) is 1.54. The summed E-state index contributed by atoms with van der Waals surface area (Å²) >= 11 is 1.44. The van der Waals surface area contributed by atoms with Crippen molar-refractivity contribution in [2.45, 2.75) is 0 Å². The standard InChI is InChI=1S/C10H5N2S/c11-5-8-1-3-9(4-2-8)10-6-13-7-12-10/h1-4,6H. The van der Waals surface area contributed by atoms with Crippen LogP contribution in [0.25, 0.3) is 11.3 Å². The molecule has 1 radical (unpaired) electrons. The smallest absolute Gasteiger partial charge is 0.152 e. The van der Waals surface area contributed by atoms with Gasteiger partial charge in [0.05, 0.1) is 17.3 Å². The van der Waals surface area contributed by atoms with Crippen LogP contribution in [-0.4, -0.2) is 4.98 Å². The van der Waals surface area contributed by atoms with Crippen LogP contribution >= 0.6 is 11.3 Å². The monoisotopic (exact) mass is 185 g/mol. The molecule has 3 heteroatoms. The summed E-state index contributed by atoms with van der Waals surface area (Å²) in [6.45, 7) is 0. The summed E-state index contributed by atoms with van der Waals surface area (Å²) in [6, 6.07) is 9.43. The van der Waals surface area contributed by atoms with Gasteiger partial charge in [0.25, 0.3) is 0 Å². The maximum atomic E-state index is 8.59. The predicted octanol–water partition coefficient (Wildman–Crippen LogP) is 2.48. The number of rotatable bonds is 1. The molecule has 0 unspecified atom stereocenters. The molecule has 0 spiro atoms. The van der Waals surface area contributed by atoms with E-state index in [4.69, 9.17) is 5.26 Å². The van der Waals surface area contributed by atoms with Gasteiger partial charge in [0.2, 0.25) is 0 Å². The normalized spacial score (nSPS) is 9.46. The Hall–Kier alpha value is -1.66. The van der Waals surface area contributed by atoms with Crippen molar-refractivity contribution >= 4 is 11.3 Å². The number of thiazole rings is 1. The van der Waals surface area contributed by atoms with Crippen LogP contribution in [0.2, 0.25) is 0 Å². The minimum Gasteiger partial charge on any atom is -0.233 e. The van der Waals surface area contributed by atoms with Crippen molar-refractivity contribution in [3.05, 3.63) is 40.7 Å². The van der Waals surface area contributed by atoms with E-state index in [1.54, 1.807) is 12.1 Å². The van der Waals surface area contributed by atoms with Gasteiger partial charge in [0, 0.05) is 10.9 Å². The van der Waals surface area contributed by atoms with Crippen molar-refractivity contribution in [1.29, 1.82) is 5.26 Å². The van der Waals surface area contributed by atoms with Gasteiger partial charge >= 0.3 is 0 Å². The Morgan fingerprint density at radius 1 is 1.31 bits per heavy atom. The Bertz CT molecular complexity index is 423. The van der Waals surface area contributed by atoms with Crippen molar-refractivity contribution in [3.8, 4) is 17.3 Å². The van der Waals surface area contributed by atoms with Gasteiger partial charge in [0.1, 0.15) is 0 Å². The lowest BCUT2D eigenvalue weighted by Gasteiger charge is -1.94. The summed E-state index contributed by atoms with van der Waals surface area (Å²) in [5.41, 5.74) is 5.39. The molecule has 61 valence electrons. The minimum absolute atomic E-state index is 0.669. The first-order valence-electron chi connectivity index (χ1n) is 3.72. The summed E-state index contributed by atoms with van der Waals surface area (Å²) in [5.74, 6) is 0. The van der Waals surface area contributed by atoms with Crippen LogP contribution in [0.5, 0.6) is 0 Å². The molecule has 13 heavy (non-hydrogen) atoms. The first kappa shape index (κ1) is 7.96. The van der Waals surface area contributed by atoms with E-state index in [1.165, 1.54) is 11.3 Å². The highest BCUT2D eigenvalue weighted by molar-refractivity contribution is 7.07. The van der Waals surface area contributed by atoms with Crippen LogP contribution in [0.15, 0.2) is 29.6 Å². The van der Waals surface area contributed by atoms with Crippen molar-refractivity contribution in [2.75, 3.05) is 0 Å². The number of hydrogen-bond donors (Lipinski definition) is 0. The molecule has 0 aliphatic heterocycles. The number of benzene rings is 1. The molecular formula is C10H5N2S.